The number of nitrogens with one attached hydrogen (secondary N) is 2. The normalized spacial score (nSPS) is 13.5. The van der Waals surface area contributed by atoms with Crippen molar-refractivity contribution >= 4 is 26.8 Å². The monoisotopic (exact) mass is 477 g/mol. The highest BCUT2D eigenvalue weighted by molar-refractivity contribution is 7.90. The lowest BCUT2D eigenvalue weighted by atomic mass is 10.0. The first kappa shape index (κ1) is 23.7. The van der Waals surface area contributed by atoms with Gasteiger partial charge in [-0.25, -0.2) is 12.4 Å². The van der Waals surface area contributed by atoms with Crippen LogP contribution in [0.4, 0.5) is 0 Å². The van der Waals surface area contributed by atoms with Gasteiger partial charge in [0.05, 0.1) is 22.6 Å². The quantitative estimate of drug-likeness (QED) is 0.344. The maximum absolute atomic E-state index is 13.3. The lowest BCUT2D eigenvalue weighted by molar-refractivity contribution is -0.123. The van der Waals surface area contributed by atoms with Crippen molar-refractivity contribution in [1.82, 2.24) is 14.6 Å². The van der Waals surface area contributed by atoms with Crippen molar-refractivity contribution in [3.63, 3.8) is 0 Å². The Morgan fingerprint density at radius 3 is 2.24 bits per heavy atom. The SMILES string of the molecule is CN[C@@H](Cc1ccccc1)C(=O)NCC(O)c1cn(S(=O)(=O)c2ccccc2)c2ccccc12. The average molecular weight is 478 g/mol. The number of fused-ring (bicyclic) bond motifs is 1. The third-order valence-corrected chi connectivity index (χ3v) is 7.47. The van der Waals surface area contributed by atoms with Crippen molar-refractivity contribution in [2.45, 2.75) is 23.5 Å². The van der Waals surface area contributed by atoms with Crippen molar-refractivity contribution in [2.75, 3.05) is 13.6 Å². The standard InChI is InChI=1S/C26H27N3O4S/c1-27-23(16-19-10-4-2-5-11-19)26(31)28-17-25(30)22-18-29(24-15-9-8-14-21(22)24)34(32,33)20-12-6-3-7-13-20/h2-15,18,23,25,27,30H,16-17H2,1H3,(H,28,31)/t23-,25?/m0/s1. The maximum atomic E-state index is 13.3. The largest absolute Gasteiger partial charge is 0.386 e. The van der Waals surface area contributed by atoms with E-state index in [1.165, 1.54) is 22.3 Å². The van der Waals surface area contributed by atoms with Gasteiger partial charge in [-0.1, -0.05) is 66.7 Å². The number of hydrogen-bond acceptors (Lipinski definition) is 5. The van der Waals surface area contributed by atoms with Crippen LogP contribution < -0.4 is 10.6 Å². The second-order valence-corrected chi connectivity index (χ2v) is 9.82. The number of rotatable bonds is 9. The van der Waals surface area contributed by atoms with Crippen molar-refractivity contribution in [2.24, 2.45) is 0 Å². The first-order chi connectivity index (χ1) is 16.4. The van der Waals surface area contributed by atoms with E-state index in [0.717, 1.165) is 5.56 Å². The van der Waals surface area contributed by atoms with Crippen LogP contribution in [0, 0.1) is 0 Å². The second-order valence-electron chi connectivity index (χ2n) is 8.01. The molecular formula is C26H27N3O4S. The number of aromatic nitrogens is 1. The van der Waals surface area contributed by atoms with Gasteiger partial charge in [-0.05, 0) is 37.2 Å². The minimum absolute atomic E-state index is 0.0504. The molecule has 2 atom stereocenters. The Balaban J connectivity index is 1.55. The minimum Gasteiger partial charge on any atom is -0.386 e. The van der Waals surface area contributed by atoms with E-state index in [1.807, 2.05) is 30.3 Å². The zero-order valence-corrected chi connectivity index (χ0v) is 19.6. The van der Waals surface area contributed by atoms with Crippen LogP contribution in [0.3, 0.4) is 0 Å². The smallest absolute Gasteiger partial charge is 0.268 e. The van der Waals surface area contributed by atoms with Crippen LogP contribution in [0.1, 0.15) is 17.2 Å². The number of amides is 1. The minimum atomic E-state index is -3.85. The molecule has 0 saturated carbocycles. The Kier molecular flexibility index (Phi) is 7.12. The molecule has 1 heterocycles. The summed E-state index contributed by atoms with van der Waals surface area (Å²) in [5.74, 6) is -0.244. The van der Waals surface area contributed by atoms with Gasteiger partial charge in [0, 0.05) is 23.7 Å². The van der Waals surface area contributed by atoms with E-state index in [0.29, 0.717) is 22.9 Å². The molecule has 7 nitrogen and oxygen atoms in total. The molecule has 4 aromatic rings. The molecule has 176 valence electrons. The topological polar surface area (TPSA) is 100 Å². The van der Waals surface area contributed by atoms with Gasteiger partial charge in [0.25, 0.3) is 10.0 Å². The average Bonchev–Trinajstić information content (AvgIpc) is 3.27. The molecule has 0 aliphatic heterocycles. The highest BCUT2D eigenvalue weighted by Gasteiger charge is 2.24. The number of likely N-dealkylation sites (N-methyl/N-ethyl adjacent to an activating group) is 1. The van der Waals surface area contributed by atoms with Crippen LogP contribution in [0.15, 0.2) is 96.0 Å². The van der Waals surface area contributed by atoms with Gasteiger partial charge in [0.15, 0.2) is 0 Å². The third kappa shape index (κ3) is 4.89. The molecule has 34 heavy (non-hydrogen) atoms. The lowest BCUT2D eigenvalue weighted by Gasteiger charge is -2.18. The van der Waals surface area contributed by atoms with Crippen molar-refractivity contribution in [3.8, 4) is 0 Å². The Labute approximate surface area is 199 Å². The summed E-state index contributed by atoms with van der Waals surface area (Å²) in [6, 6.07) is 24.3. The van der Waals surface area contributed by atoms with Gasteiger partial charge in [-0.2, -0.15) is 0 Å². The zero-order chi connectivity index (χ0) is 24.1. The first-order valence-corrected chi connectivity index (χ1v) is 12.4. The first-order valence-electron chi connectivity index (χ1n) is 11.0. The molecule has 1 aromatic heterocycles. The Morgan fingerprint density at radius 2 is 1.56 bits per heavy atom. The van der Waals surface area contributed by atoms with Crippen molar-refractivity contribution in [3.05, 3.63) is 102 Å². The van der Waals surface area contributed by atoms with Gasteiger partial charge >= 0.3 is 0 Å². The lowest BCUT2D eigenvalue weighted by Crippen LogP contribution is -2.45. The van der Waals surface area contributed by atoms with Crippen LogP contribution >= 0.6 is 0 Å². The van der Waals surface area contributed by atoms with Crippen LogP contribution in [0.2, 0.25) is 0 Å². The van der Waals surface area contributed by atoms with Crippen LogP contribution in [-0.4, -0.2) is 43.0 Å². The van der Waals surface area contributed by atoms with Gasteiger partial charge in [-0.15, -0.1) is 0 Å². The van der Waals surface area contributed by atoms with Gasteiger partial charge in [0.2, 0.25) is 5.91 Å². The molecule has 3 N–H and O–H groups in total. The van der Waals surface area contributed by atoms with Gasteiger partial charge in [0.1, 0.15) is 0 Å². The van der Waals surface area contributed by atoms with E-state index >= 15 is 0 Å². The molecule has 1 amide bonds. The van der Waals surface area contributed by atoms with E-state index in [4.69, 9.17) is 0 Å². The van der Waals surface area contributed by atoms with Gasteiger partial charge < -0.3 is 15.7 Å². The van der Waals surface area contributed by atoms with E-state index in [-0.39, 0.29) is 17.3 Å². The molecule has 0 aliphatic carbocycles. The fourth-order valence-electron chi connectivity index (χ4n) is 3.95. The summed E-state index contributed by atoms with van der Waals surface area (Å²) in [5.41, 5.74) is 1.91. The zero-order valence-electron chi connectivity index (χ0n) is 18.8. The molecule has 0 spiro atoms. The number of para-hydroxylation sites is 1. The molecule has 0 aliphatic rings. The number of hydrogen-bond donors (Lipinski definition) is 3. The summed E-state index contributed by atoms with van der Waals surface area (Å²) in [7, 11) is -2.14. The number of nitrogens with zero attached hydrogens (tertiary/aromatic N) is 1. The number of aliphatic hydroxyl groups is 1. The predicted octanol–water partition coefficient (Wildman–Crippen LogP) is 2.86. The Morgan fingerprint density at radius 1 is 0.941 bits per heavy atom. The van der Waals surface area contributed by atoms with Crippen molar-refractivity contribution < 1.29 is 18.3 Å². The number of carbonyl (C=O) groups is 1. The highest BCUT2D eigenvalue weighted by Crippen LogP contribution is 2.29. The Bertz CT molecular complexity index is 1370. The molecule has 8 heteroatoms. The molecule has 1 unspecified atom stereocenters. The summed E-state index contributed by atoms with van der Waals surface area (Å²) in [4.78, 5) is 12.9. The fourth-order valence-corrected chi connectivity index (χ4v) is 5.35. The van der Waals surface area contributed by atoms with Crippen LogP contribution in [0.25, 0.3) is 10.9 Å². The van der Waals surface area contributed by atoms with E-state index in [2.05, 4.69) is 10.6 Å². The molecule has 0 radical (unpaired) electrons. The third-order valence-electron chi connectivity index (χ3n) is 5.79. The Hall–Kier alpha value is -3.46. The van der Waals surface area contributed by atoms with Crippen LogP contribution in [-0.2, 0) is 21.2 Å². The van der Waals surface area contributed by atoms with E-state index in [1.54, 1.807) is 49.5 Å². The molecule has 0 fully saturated rings. The number of aliphatic hydroxyl groups excluding tert-OH is 1. The number of carbonyl (C=O) groups excluding carboxylic acids is 1. The number of benzene rings is 3. The predicted molar refractivity (Wildman–Crippen MR) is 132 cm³/mol. The molecular weight excluding hydrogens is 450 g/mol. The summed E-state index contributed by atoms with van der Waals surface area (Å²) in [6.07, 6.45) is 0.854. The molecule has 3 aromatic carbocycles. The van der Waals surface area contributed by atoms with Crippen LogP contribution in [0.5, 0.6) is 0 Å². The molecule has 0 saturated heterocycles. The van der Waals surface area contributed by atoms with E-state index < -0.39 is 22.2 Å². The van der Waals surface area contributed by atoms with E-state index in [9.17, 15) is 18.3 Å². The summed E-state index contributed by atoms with van der Waals surface area (Å²) >= 11 is 0. The summed E-state index contributed by atoms with van der Waals surface area (Å²) in [5, 5.41) is 17.3. The summed E-state index contributed by atoms with van der Waals surface area (Å²) in [6.45, 7) is -0.0504. The molecule has 4 rings (SSSR count). The maximum Gasteiger partial charge on any atom is 0.268 e. The second kappa shape index (κ2) is 10.2. The van der Waals surface area contributed by atoms with Crippen molar-refractivity contribution in [1.29, 1.82) is 0 Å². The molecule has 0 bridgehead atoms. The highest BCUT2D eigenvalue weighted by atomic mass is 32.2. The van der Waals surface area contributed by atoms with Gasteiger partial charge in [-0.3, -0.25) is 4.79 Å². The summed E-state index contributed by atoms with van der Waals surface area (Å²) < 4.78 is 27.7. The fraction of sp³-hybridized carbons (Fsp3) is 0.192.